The van der Waals surface area contributed by atoms with E-state index in [0.717, 1.165) is 34.1 Å². The lowest BCUT2D eigenvalue weighted by Gasteiger charge is -2.08. The summed E-state index contributed by atoms with van der Waals surface area (Å²) in [6.45, 7) is 1.73. The molecule has 0 amide bonds. The van der Waals surface area contributed by atoms with Crippen LogP contribution >= 0.6 is 11.3 Å². The average Bonchev–Trinajstić information content (AvgIpc) is 2.66. The molecule has 2 N–H and O–H groups in total. The molecule has 2 aromatic rings. The third kappa shape index (κ3) is 3.31. The number of hydrogen-bond donors (Lipinski definition) is 1. The first-order valence-electron chi connectivity index (χ1n) is 5.59. The first-order chi connectivity index (χ1) is 8.15. The van der Waals surface area contributed by atoms with Crippen LogP contribution in [0.4, 0.5) is 5.69 Å². The molecule has 0 atom stereocenters. The molecule has 1 heterocycles. The van der Waals surface area contributed by atoms with Gasteiger partial charge in [-0.25, -0.2) is 4.98 Å². The van der Waals surface area contributed by atoms with Crippen LogP contribution in [0.15, 0.2) is 18.2 Å². The van der Waals surface area contributed by atoms with Gasteiger partial charge in [-0.05, 0) is 38.7 Å². The summed E-state index contributed by atoms with van der Waals surface area (Å²) < 4.78 is 6.70. The van der Waals surface area contributed by atoms with Gasteiger partial charge in [-0.3, -0.25) is 0 Å². The van der Waals surface area contributed by atoms with E-state index >= 15 is 0 Å². The van der Waals surface area contributed by atoms with Crippen molar-refractivity contribution in [2.45, 2.75) is 6.42 Å². The third-order valence-electron chi connectivity index (χ3n) is 2.37. The summed E-state index contributed by atoms with van der Waals surface area (Å²) in [4.78, 5) is 6.54. The van der Waals surface area contributed by atoms with Gasteiger partial charge >= 0.3 is 0 Å². The highest BCUT2D eigenvalue weighted by molar-refractivity contribution is 7.20. The Morgan fingerprint density at radius 1 is 1.41 bits per heavy atom. The van der Waals surface area contributed by atoms with E-state index < -0.39 is 0 Å². The number of ether oxygens (including phenoxy) is 1. The molecule has 4 nitrogen and oxygen atoms in total. The predicted octanol–water partition coefficient (Wildman–Crippen LogP) is 2.21. The number of nitrogen functional groups attached to an aromatic ring is 1. The van der Waals surface area contributed by atoms with Crippen molar-refractivity contribution in [1.82, 2.24) is 9.88 Å². The fourth-order valence-corrected chi connectivity index (χ4v) is 2.41. The Bertz CT molecular complexity index is 495. The summed E-state index contributed by atoms with van der Waals surface area (Å²) in [6, 6.07) is 5.71. The Hall–Kier alpha value is -1.33. The zero-order valence-corrected chi connectivity index (χ0v) is 11.0. The first kappa shape index (κ1) is 12.1. The zero-order chi connectivity index (χ0) is 12.3. The van der Waals surface area contributed by atoms with E-state index in [0.29, 0.717) is 6.61 Å². The SMILES string of the molecule is CN(C)CCCOc1nc2ccc(N)cc2s1. The summed E-state index contributed by atoms with van der Waals surface area (Å²) in [7, 11) is 4.11. The van der Waals surface area contributed by atoms with Crippen LogP contribution in [-0.4, -0.2) is 37.1 Å². The van der Waals surface area contributed by atoms with E-state index in [4.69, 9.17) is 10.5 Å². The molecule has 0 unspecified atom stereocenters. The predicted molar refractivity (Wildman–Crippen MR) is 72.7 cm³/mol. The summed E-state index contributed by atoms with van der Waals surface area (Å²) in [5.74, 6) is 0. The Morgan fingerprint density at radius 3 is 3.00 bits per heavy atom. The molecule has 1 aromatic heterocycles. The molecule has 5 heteroatoms. The van der Waals surface area contributed by atoms with Crippen molar-refractivity contribution >= 4 is 27.2 Å². The van der Waals surface area contributed by atoms with Crippen molar-refractivity contribution in [2.24, 2.45) is 0 Å². The average molecular weight is 251 g/mol. The van der Waals surface area contributed by atoms with E-state index in [1.165, 1.54) is 0 Å². The van der Waals surface area contributed by atoms with Gasteiger partial charge in [0.15, 0.2) is 0 Å². The van der Waals surface area contributed by atoms with Gasteiger partial charge in [0.1, 0.15) is 0 Å². The van der Waals surface area contributed by atoms with Gasteiger partial charge < -0.3 is 15.4 Å². The van der Waals surface area contributed by atoms with Gasteiger partial charge in [0, 0.05) is 12.2 Å². The van der Waals surface area contributed by atoms with E-state index in [1.54, 1.807) is 11.3 Å². The third-order valence-corrected chi connectivity index (χ3v) is 3.30. The van der Waals surface area contributed by atoms with Crippen molar-refractivity contribution in [3.05, 3.63) is 18.2 Å². The second-order valence-electron chi connectivity index (χ2n) is 4.21. The van der Waals surface area contributed by atoms with Gasteiger partial charge in [-0.1, -0.05) is 11.3 Å². The Labute approximate surface area is 105 Å². The molecule has 0 aliphatic rings. The molecule has 17 heavy (non-hydrogen) atoms. The normalized spacial score (nSPS) is 11.2. The van der Waals surface area contributed by atoms with Crippen LogP contribution in [0.1, 0.15) is 6.42 Å². The van der Waals surface area contributed by atoms with Crippen molar-refractivity contribution in [3.8, 4) is 5.19 Å². The molecule has 0 saturated heterocycles. The van der Waals surface area contributed by atoms with Gasteiger partial charge in [-0.15, -0.1) is 0 Å². The van der Waals surface area contributed by atoms with Crippen LogP contribution < -0.4 is 10.5 Å². The maximum atomic E-state index is 5.72. The Kier molecular flexibility index (Phi) is 3.81. The summed E-state index contributed by atoms with van der Waals surface area (Å²) in [5.41, 5.74) is 7.44. The molecule has 0 aliphatic heterocycles. The van der Waals surface area contributed by atoms with Gasteiger partial charge in [0.25, 0.3) is 5.19 Å². The standard InChI is InChI=1S/C12H17N3OS/c1-15(2)6-3-7-16-12-14-10-5-4-9(13)8-11(10)17-12/h4-5,8H,3,6-7,13H2,1-2H3. The Morgan fingerprint density at radius 2 is 2.24 bits per heavy atom. The maximum Gasteiger partial charge on any atom is 0.274 e. The molecule has 0 spiro atoms. The number of rotatable bonds is 5. The van der Waals surface area contributed by atoms with Crippen molar-refractivity contribution in [2.75, 3.05) is 33.0 Å². The number of thiazole rings is 1. The molecule has 0 fully saturated rings. The molecule has 0 aliphatic carbocycles. The number of benzene rings is 1. The number of aromatic nitrogens is 1. The number of hydrogen-bond acceptors (Lipinski definition) is 5. The minimum absolute atomic E-state index is 0.702. The van der Waals surface area contributed by atoms with E-state index in [2.05, 4.69) is 24.0 Å². The molecular weight excluding hydrogens is 234 g/mol. The van der Waals surface area contributed by atoms with Gasteiger partial charge in [-0.2, -0.15) is 0 Å². The fourth-order valence-electron chi connectivity index (χ4n) is 1.52. The largest absolute Gasteiger partial charge is 0.470 e. The summed E-state index contributed by atoms with van der Waals surface area (Å²) in [5, 5.41) is 0.726. The minimum atomic E-state index is 0.702. The molecule has 0 radical (unpaired) electrons. The van der Waals surface area contributed by atoms with Crippen LogP contribution in [0, 0.1) is 0 Å². The summed E-state index contributed by atoms with van der Waals surface area (Å²) >= 11 is 1.54. The topological polar surface area (TPSA) is 51.4 Å². The highest BCUT2D eigenvalue weighted by atomic mass is 32.1. The van der Waals surface area contributed by atoms with Gasteiger partial charge in [0.2, 0.25) is 0 Å². The second-order valence-corrected chi connectivity index (χ2v) is 5.21. The highest BCUT2D eigenvalue weighted by Crippen LogP contribution is 2.29. The number of fused-ring (bicyclic) bond motifs is 1. The molecular formula is C12H17N3OS. The lowest BCUT2D eigenvalue weighted by molar-refractivity contribution is 0.281. The monoisotopic (exact) mass is 251 g/mol. The zero-order valence-electron chi connectivity index (χ0n) is 10.1. The second kappa shape index (κ2) is 5.33. The maximum absolute atomic E-state index is 5.72. The Balaban J connectivity index is 1.95. The van der Waals surface area contributed by atoms with Crippen molar-refractivity contribution < 1.29 is 4.74 Å². The van der Waals surface area contributed by atoms with Gasteiger partial charge in [0.05, 0.1) is 16.8 Å². The minimum Gasteiger partial charge on any atom is -0.470 e. The molecule has 0 saturated carbocycles. The molecule has 1 aromatic carbocycles. The number of nitrogens with two attached hydrogens (primary N) is 1. The first-order valence-corrected chi connectivity index (χ1v) is 6.40. The van der Waals surface area contributed by atoms with Crippen LogP contribution in [0.2, 0.25) is 0 Å². The lowest BCUT2D eigenvalue weighted by Crippen LogP contribution is -2.15. The number of nitrogens with zero attached hydrogens (tertiary/aromatic N) is 2. The van der Waals surface area contributed by atoms with E-state index in [-0.39, 0.29) is 0 Å². The van der Waals surface area contributed by atoms with Crippen LogP contribution in [-0.2, 0) is 0 Å². The van der Waals surface area contributed by atoms with Crippen molar-refractivity contribution in [1.29, 1.82) is 0 Å². The van der Waals surface area contributed by atoms with E-state index in [1.807, 2.05) is 18.2 Å². The van der Waals surface area contributed by atoms with Crippen LogP contribution in [0.3, 0.4) is 0 Å². The van der Waals surface area contributed by atoms with Crippen LogP contribution in [0.5, 0.6) is 5.19 Å². The molecule has 0 bridgehead atoms. The molecule has 92 valence electrons. The highest BCUT2D eigenvalue weighted by Gasteiger charge is 2.04. The summed E-state index contributed by atoms with van der Waals surface area (Å²) in [6.07, 6.45) is 1.01. The smallest absolute Gasteiger partial charge is 0.274 e. The lowest BCUT2D eigenvalue weighted by atomic mass is 10.3. The quantitative estimate of drug-likeness (QED) is 0.654. The fraction of sp³-hybridized carbons (Fsp3) is 0.417. The number of anilines is 1. The van der Waals surface area contributed by atoms with Crippen molar-refractivity contribution in [3.63, 3.8) is 0 Å². The van der Waals surface area contributed by atoms with E-state index in [9.17, 15) is 0 Å². The molecule has 2 rings (SSSR count). The van der Waals surface area contributed by atoms with Crippen LogP contribution in [0.25, 0.3) is 10.2 Å².